The van der Waals surface area contributed by atoms with Crippen LogP contribution in [0, 0.1) is 0 Å². The lowest BCUT2D eigenvalue weighted by Crippen LogP contribution is -2.74. The highest BCUT2D eigenvalue weighted by atomic mass is 35.5. The quantitative estimate of drug-likeness (QED) is 0.0811. The van der Waals surface area contributed by atoms with Gasteiger partial charge in [0.15, 0.2) is 0 Å². The van der Waals surface area contributed by atoms with Crippen LogP contribution in [0.4, 0.5) is 11.4 Å². The molecule has 3 heterocycles. The Kier molecular flexibility index (Phi) is 17.7. The molecule has 0 bridgehead atoms. The van der Waals surface area contributed by atoms with Gasteiger partial charge in [-0.1, -0.05) is 254 Å². The molecule has 11 aromatic rings. The van der Waals surface area contributed by atoms with Gasteiger partial charge in [-0.2, -0.15) is 48.3 Å². The monoisotopic (exact) mass is 1040 g/mol. The van der Waals surface area contributed by atoms with Crippen molar-refractivity contribution in [3.63, 3.8) is 0 Å². The predicted octanol–water partition coefficient (Wildman–Crippen LogP) is 8.34. The van der Waals surface area contributed by atoms with E-state index in [4.69, 9.17) is 16.3 Å². The molecule has 10 heteroatoms. The first-order valence-electron chi connectivity index (χ1n) is 26.6. The van der Waals surface area contributed by atoms with Crippen molar-refractivity contribution in [1.29, 1.82) is 0 Å². The van der Waals surface area contributed by atoms with Gasteiger partial charge in [0.05, 0.1) is 31.4 Å². The Bertz CT molecular complexity index is 3070. The fourth-order valence-electron chi connectivity index (χ4n) is 10.9. The van der Waals surface area contributed by atoms with Crippen LogP contribution in [0.25, 0.3) is 11.8 Å². The summed E-state index contributed by atoms with van der Waals surface area (Å²) in [5, 5.41) is 0.374. The van der Waals surface area contributed by atoms with Gasteiger partial charge in [-0.15, -0.1) is 0 Å². The molecule has 0 radical (unpaired) electrons. The Morgan fingerprint density at radius 1 is 0.359 bits per heavy atom. The molecule has 11 rings (SSSR count). The van der Waals surface area contributed by atoms with E-state index in [0.29, 0.717) is 29.3 Å². The van der Waals surface area contributed by atoms with Crippen LogP contribution in [0.1, 0.15) is 6.92 Å². The number of halogens is 1. The minimum Gasteiger partial charge on any atom is -0.465 e. The van der Waals surface area contributed by atoms with Gasteiger partial charge >= 0.3 is 17.6 Å². The van der Waals surface area contributed by atoms with Crippen LogP contribution in [0.2, 0.25) is 5.02 Å². The summed E-state index contributed by atoms with van der Waals surface area (Å²) >= 11 is 6.55. The molecule has 0 fully saturated rings. The Labute approximate surface area is 466 Å². The summed E-state index contributed by atoms with van der Waals surface area (Å²) in [5.41, 5.74) is 12.9. The number of hydrogen-bond donors (Lipinski definition) is 0. The third-order valence-corrected chi connectivity index (χ3v) is 14.9. The Hall–Kier alpha value is -9.04. The lowest BCUT2D eigenvalue weighted by molar-refractivity contribution is -0.614. The highest BCUT2D eigenvalue weighted by Crippen LogP contribution is 2.26. The molecular formula is C68H65B2ClN6O. The van der Waals surface area contributed by atoms with Crippen LogP contribution in [0.3, 0.4) is 0 Å². The van der Waals surface area contributed by atoms with Crippen molar-refractivity contribution in [2.75, 3.05) is 44.6 Å². The van der Waals surface area contributed by atoms with Crippen molar-refractivity contribution >= 4 is 79.0 Å². The second kappa shape index (κ2) is 25.7. The molecule has 78 heavy (non-hydrogen) atoms. The maximum Gasteiger partial charge on any atom is 0.481 e. The van der Waals surface area contributed by atoms with Gasteiger partial charge in [-0.05, 0) is 24.0 Å². The van der Waals surface area contributed by atoms with Crippen molar-refractivity contribution in [3.8, 4) is 17.6 Å². The number of pyridine rings is 2. The van der Waals surface area contributed by atoms with E-state index in [1.165, 1.54) is 43.7 Å². The van der Waals surface area contributed by atoms with Crippen LogP contribution < -0.4 is 67.4 Å². The zero-order valence-corrected chi connectivity index (χ0v) is 45.8. The molecule has 0 saturated carbocycles. The zero-order valence-electron chi connectivity index (χ0n) is 45.0. The van der Waals surface area contributed by atoms with Crippen molar-refractivity contribution < 1.29 is 13.9 Å². The van der Waals surface area contributed by atoms with Crippen molar-refractivity contribution in [2.24, 2.45) is 0 Å². The van der Waals surface area contributed by atoms with Gasteiger partial charge in [0.1, 0.15) is 12.3 Å². The Morgan fingerprint density at radius 2 is 0.603 bits per heavy atom. The SMILES string of the molecule is CCOc1nc(-[n+]2ccc(N(C)C)cc2)nc(-[n+]2ccc(N(C)C)cc2)c1Cl.c1ccc([B-](c2ccccc2)(c2ccccc2)c2ccccc2)cc1.c1ccc([B-](c2ccccc2)(c2ccccc2)c2ccccc2)cc1. The maximum atomic E-state index is 6.55. The van der Waals surface area contributed by atoms with E-state index < -0.39 is 12.3 Å². The standard InChI is InChI=1S/2C24H20B.C20H25ClN6O/c2*1-5-13-21(14-6-1)25(22-15-7-2-8-16-22,23-17-9-3-10-18-23)24-19-11-4-12-20-24;1-6-28-19-17(21)18(26-11-7-15(8-12-26)24(2)3)22-20(23-19)27-13-9-16(10-14-27)25(4)5/h2*1-20H;7-14H,6H2,1-5H3/q2*-1;+2. The third-order valence-electron chi connectivity index (χ3n) is 14.6. The smallest absolute Gasteiger partial charge is 0.465 e. The topological polar surface area (TPSA) is 49.3 Å². The summed E-state index contributed by atoms with van der Waals surface area (Å²) in [6, 6.07) is 95.0. The van der Waals surface area contributed by atoms with E-state index in [-0.39, 0.29) is 0 Å². The predicted molar refractivity (Wildman–Crippen MR) is 330 cm³/mol. The first-order valence-corrected chi connectivity index (χ1v) is 27.0. The minimum absolute atomic E-state index is 0.359. The van der Waals surface area contributed by atoms with E-state index in [9.17, 15) is 0 Å². The molecule has 0 amide bonds. The lowest BCUT2D eigenvalue weighted by Gasteiger charge is -2.44. The molecule has 0 aliphatic heterocycles. The molecule has 0 atom stereocenters. The first-order chi connectivity index (χ1) is 38.2. The number of rotatable bonds is 14. The summed E-state index contributed by atoms with van der Waals surface area (Å²) in [6.07, 6.45) is 5.24. The highest BCUT2D eigenvalue weighted by Gasteiger charge is 2.33. The summed E-state index contributed by atoms with van der Waals surface area (Å²) in [7, 11) is 7.99. The third kappa shape index (κ3) is 11.7. The molecule has 0 aliphatic rings. The number of benzene rings is 8. The van der Waals surface area contributed by atoms with Crippen LogP contribution >= 0.6 is 11.6 Å². The molecule has 0 N–H and O–H groups in total. The highest BCUT2D eigenvalue weighted by molar-refractivity contribution is 7.20. The van der Waals surface area contributed by atoms with Crippen molar-refractivity contribution in [1.82, 2.24) is 9.97 Å². The molecule has 3 aromatic heterocycles. The van der Waals surface area contributed by atoms with Crippen molar-refractivity contribution in [2.45, 2.75) is 6.92 Å². The van der Waals surface area contributed by atoms with E-state index in [1.54, 1.807) is 0 Å². The summed E-state index contributed by atoms with van der Waals surface area (Å²) < 4.78 is 9.35. The number of anilines is 2. The van der Waals surface area contributed by atoms with E-state index in [0.717, 1.165) is 11.4 Å². The van der Waals surface area contributed by atoms with Gasteiger partial charge in [0.25, 0.3) is 0 Å². The molecule has 8 aromatic carbocycles. The molecular weight excluding hydrogens is 974 g/mol. The van der Waals surface area contributed by atoms with Gasteiger partial charge in [0.2, 0.25) is 5.02 Å². The fourth-order valence-corrected chi connectivity index (χ4v) is 11.1. The largest absolute Gasteiger partial charge is 0.481 e. The first kappa shape index (κ1) is 53.8. The van der Waals surface area contributed by atoms with E-state index in [2.05, 4.69) is 253 Å². The molecule has 0 spiro atoms. The van der Waals surface area contributed by atoms with E-state index >= 15 is 0 Å². The normalized spacial score (nSPS) is 11.0. The molecule has 0 saturated heterocycles. The summed E-state index contributed by atoms with van der Waals surface area (Å²) in [5.74, 6) is 1.40. The van der Waals surface area contributed by atoms with Crippen LogP contribution in [-0.2, 0) is 0 Å². The molecule has 0 unspecified atom stereocenters. The molecule has 386 valence electrons. The summed E-state index contributed by atoms with van der Waals surface area (Å²) in [4.78, 5) is 13.2. The van der Waals surface area contributed by atoms with Crippen LogP contribution in [0.15, 0.2) is 292 Å². The average molecular weight is 1040 g/mol. The van der Waals surface area contributed by atoms with Crippen LogP contribution in [-0.4, -0.2) is 57.1 Å². The maximum absolute atomic E-state index is 6.55. The zero-order chi connectivity index (χ0) is 54.2. The van der Waals surface area contributed by atoms with Gasteiger partial charge in [-0.3, -0.25) is 0 Å². The number of hydrogen-bond acceptors (Lipinski definition) is 5. The van der Waals surface area contributed by atoms with Gasteiger partial charge < -0.3 is 14.5 Å². The number of nitrogens with zero attached hydrogens (tertiary/aromatic N) is 6. The van der Waals surface area contributed by atoms with Crippen molar-refractivity contribution in [3.05, 3.63) is 297 Å². The number of ether oxygens (including phenoxy) is 1. The minimum atomic E-state index is -1.22. The summed E-state index contributed by atoms with van der Waals surface area (Å²) in [6.45, 7) is 2.36. The molecule has 7 nitrogen and oxygen atoms in total. The Balaban J connectivity index is 0.000000142. The Morgan fingerprint density at radius 3 is 0.833 bits per heavy atom. The number of aromatic nitrogens is 4. The van der Waals surface area contributed by atoms with E-state index in [1.807, 2.05) is 103 Å². The van der Waals surface area contributed by atoms with Crippen LogP contribution in [0.5, 0.6) is 5.88 Å². The average Bonchev–Trinajstić information content (AvgIpc) is 3.58. The molecule has 0 aliphatic carbocycles. The fraction of sp³-hybridized carbons (Fsp3) is 0.0882. The lowest BCUT2D eigenvalue weighted by atomic mass is 9.13. The second-order valence-electron chi connectivity index (χ2n) is 19.6. The van der Waals surface area contributed by atoms with Gasteiger partial charge in [0, 0.05) is 56.7 Å². The van der Waals surface area contributed by atoms with Gasteiger partial charge in [-0.25, -0.2) is 4.57 Å². The second-order valence-corrected chi connectivity index (χ2v) is 20.0.